The van der Waals surface area contributed by atoms with Crippen LogP contribution in [0, 0.1) is 0 Å². The van der Waals surface area contributed by atoms with E-state index in [0.29, 0.717) is 6.04 Å². The number of hydrogen-bond donors (Lipinski definition) is 2. The summed E-state index contributed by atoms with van der Waals surface area (Å²) in [4.78, 5) is 4.00. The second-order valence-corrected chi connectivity index (χ2v) is 3.93. The van der Waals surface area contributed by atoms with Crippen LogP contribution < -0.4 is 5.73 Å². The lowest BCUT2D eigenvalue weighted by molar-refractivity contribution is 0.196. The van der Waals surface area contributed by atoms with Crippen molar-refractivity contribution in [3.8, 4) is 0 Å². The third-order valence-corrected chi connectivity index (χ3v) is 2.88. The van der Waals surface area contributed by atoms with Crippen LogP contribution in [0.25, 0.3) is 0 Å². The molecule has 1 aliphatic carbocycles. The van der Waals surface area contributed by atoms with Crippen LogP contribution in [0.4, 0.5) is 0 Å². The Balaban J connectivity index is 2.07. The molecule has 0 saturated heterocycles. The molecule has 2 unspecified atom stereocenters. The normalized spacial score (nSPS) is 33.8. The van der Waals surface area contributed by atoms with Gasteiger partial charge in [-0.3, -0.25) is 0 Å². The highest BCUT2D eigenvalue weighted by atomic mass is 16.3. The van der Waals surface area contributed by atoms with Gasteiger partial charge in [-0.2, -0.15) is 0 Å². The van der Waals surface area contributed by atoms with Crippen LogP contribution in [0.15, 0.2) is 18.7 Å². The van der Waals surface area contributed by atoms with Crippen molar-refractivity contribution >= 4 is 0 Å². The van der Waals surface area contributed by atoms with Crippen molar-refractivity contribution in [1.82, 2.24) is 9.55 Å². The Bertz CT molecular complexity index is 272. The number of aromatic nitrogens is 2. The van der Waals surface area contributed by atoms with Gasteiger partial charge in [0.15, 0.2) is 0 Å². The van der Waals surface area contributed by atoms with E-state index in [1.807, 2.05) is 12.5 Å². The highest BCUT2D eigenvalue weighted by molar-refractivity contribution is 4.96. The summed E-state index contributed by atoms with van der Waals surface area (Å²) in [5, 5.41) is 9.09. The average molecular weight is 181 g/mol. The first-order chi connectivity index (χ1) is 6.23. The minimum absolute atomic E-state index is 0.0815. The third-order valence-electron chi connectivity index (χ3n) is 2.88. The van der Waals surface area contributed by atoms with Crippen LogP contribution in [0.3, 0.4) is 0 Å². The van der Waals surface area contributed by atoms with Crippen molar-refractivity contribution in [3.63, 3.8) is 0 Å². The summed E-state index contributed by atoms with van der Waals surface area (Å²) < 4.78 is 2.07. The molecular weight excluding hydrogens is 166 g/mol. The van der Waals surface area contributed by atoms with Gasteiger partial charge in [-0.05, 0) is 19.3 Å². The van der Waals surface area contributed by atoms with E-state index < -0.39 is 0 Å². The third kappa shape index (κ3) is 1.59. The van der Waals surface area contributed by atoms with Gasteiger partial charge in [-0.25, -0.2) is 4.98 Å². The highest BCUT2D eigenvalue weighted by Gasteiger charge is 2.35. The van der Waals surface area contributed by atoms with Crippen LogP contribution in [-0.2, 0) is 0 Å². The number of nitrogens with zero attached hydrogens (tertiary/aromatic N) is 2. The van der Waals surface area contributed by atoms with Gasteiger partial charge in [0, 0.05) is 24.0 Å². The van der Waals surface area contributed by atoms with Gasteiger partial charge in [0.2, 0.25) is 0 Å². The predicted octanol–water partition coefficient (Wildman–Crippen LogP) is 0.298. The summed E-state index contributed by atoms with van der Waals surface area (Å²) in [6, 6.07) is 0.416. The maximum absolute atomic E-state index is 9.09. The topological polar surface area (TPSA) is 64.1 Å². The van der Waals surface area contributed by atoms with Crippen molar-refractivity contribution in [2.24, 2.45) is 5.73 Å². The monoisotopic (exact) mass is 181 g/mol. The average Bonchev–Trinajstić information content (AvgIpc) is 2.73. The first kappa shape index (κ1) is 8.72. The molecule has 4 nitrogen and oxygen atoms in total. The van der Waals surface area contributed by atoms with Crippen LogP contribution in [0.1, 0.15) is 25.3 Å². The van der Waals surface area contributed by atoms with Crippen LogP contribution >= 0.6 is 0 Å². The van der Waals surface area contributed by atoms with E-state index in [9.17, 15) is 0 Å². The zero-order valence-electron chi connectivity index (χ0n) is 7.56. The molecule has 1 aromatic rings. The first-order valence-corrected chi connectivity index (χ1v) is 4.61. The molecule has 0 spiro atoms. The molecule has 0 aliphatic heterocycles. The minimum Gasteiger partial charge on any atom is -0.394 e. The predicted molar refractivity (Wildman–Crippen MR) is 49.1 cm³/mol. The van der Waals surface area contributed by atoms with Gasteiger partial charge in [0.1, 0.15) is 0 Å². The summed E-state index contributed by atoms with van der Waals surface area (Å²) in [5.41, 5.74) is 5.60. The van der Waals surface area contributed by atoms with Gasteiger partial charge in [-0.15, -0.1) is 0 Å². The Morgan fingerprint density at radius 3 is 3.08 bits per heavy atom. The molecule has 1 aromatic heterocycles. The molecule has 1 aliphatic rings. The van der Waals surface area contributed by atoms with Crippen LogP contribution in [0.5, 0.6) is 0 Å². The molecule has 0 bridgehead atoms. The summed E-state index contributed by atoms with van der Waals surface area (Å²) in [7, 11) is 0. The smallest absolute Gasteiger partial charge is 0.0948 e. The summed E-state index contributed by atoms with van der Waals surface area (Å²) in [6.45, 7) is 0.0815. The van der Waals surface area contributed by atoms with Gasteiger partial charge >= 0.3 is 0 Å². The SMILES string of the molecule is NC1(CO)CCC(n2ccnc2)C1. The molecule has 0 radical (unpaired) electrons. The molecule has 1 saturated carbocycles. The zero-order valence-corrected chi connectivity index (χ0v) is 7.56. The largest absolute Gasteiger partial charge is 0.394 e. The number of nitrogens with two attached hydrogens (primary N) is 1. The Morgan fingerprint density at radius 1 is 1.69 bits per heavy atom. The fraction of sp³-hybridized carbons (Fsp3) is 0.667. The van der Waals surface area contributed by atoms with Crippen molar-refractivity contribution in [1.29, 1.82) is 0 Å². The molecule has 1 heterocycles. The lowest BCUT2D eigenvalue weighted by Crippen LogP contribution is -2.40. The fourth-order valence-corrected chi connectivity index (χ4v) is 2.01. The lowest BCUT2D eigenvalue weighted by atomic mass is 10.0. The lowest BCUT2D eigenvalue weighted by Gasteiger charge is -2.20. The number of aliphatic hydroxyl groups is 1. The molecule has 72 valence electrons. The van der Waals surface area contributed by atoms with Crippen LogP contribution in [-0.4, -0.2) is 26.8 Å². The quantitative estimate of drug-likeness (QED) is 0.689. The van der Waals surface area contributed by atoms with Gasteiger partial charge in [0.25, 0.3) is 0 Å². The molecule has 1 fully saturated rings. The molecule has 2 rings (SSSR count). The number of aliphatic hydroxyl groups excluding tert-OH is 1. The van der Waals surface area contributed by atoms with Crippen molar-refractivity contribution in [3.05, 3.63) is 18.7 Å². The summed E-state index contributed by atoms with van der Waals surface area (Å²) in [6.07, 6.45) is 8.32. The second-order valence-electron chi connectivity index (χ2n) is 3.93. The van der Waals surface area contributed by atoms with Gasteiger partial charge in [-0.1, -0.05) is 0 Å². The number of rotatable bonds is 2. The van der Waals surface area contributed by atoms with Gasteiger partial charge < -0.3 is 15.4 Å². The van der Waals surface area contributed by atoms with E-state index in [2.05, 4.69) is 9.55 Å². The maximum atomic E-state index is 9.09. The summed E-state index contributed by atoms with van der Waals surface area (Å²) in [5.74, 6) is 0. The van der Waals surface area contributed by atoms with Crippen molar-refractivity contribution in [2.75, 3.05) is 6.61 Å². The van der Waals surface area contributed by atoms with E-state index in [4.69, 9.17) is 10.8 Å². The first-order valence-electron chi connectivity index (χ1n) is 4.61. The van der Waals surface area contributed by atoms with E-state index in [1.165, 1.54) is 0 Å². The van der Waals surface area contributed by atoms with E-state index >= 15 is 0 Å². The highest BCUT2D eigenvalue weighted by Crippen LogP contribution is 2.35. The molecular formula is C9H15N3O. The number of imidazole rings is 1. The molecule has 0 amide bonds. The Labute approximate surface area is 77.4 Å². The fourth-order valence-electron chi connectivity index (χ4n) is 2.01. The zero-order chi connectivity index (χ0) is 9.31. The summed E-state index contributed by atoms with van der Waals surface area (Å²) >= 11 is 0. The van der Waals surface area contributed by atoms with Gasteiger partial charge in [0.05, 0.1) is 12.9 Å². The standard InChI is InChI=1S/C9H15N3O/c10-9(6-13)2-1-8(5-9)12-4-3-11-7-12/h3-4,7-8,13H,1-2,5-6,10H2. The van der Waals surface area contributed by atoms with Crippen LogP contribution in [0.2, 0.25) is 0 Å². The Morgan fingerprint density at radius 2 is 2.54 bits per heavy atom. The molecule has 0 aromatic carbocycles. The Hall–Kier alpha value is -0.870. The molecule has 4 heteroatoms. The van der Waals surface area contributed by atoms with Crippen molar-refractivity contribution < 1.29 is 5.11 Å². The Kier molecular flexibility index (Phi) is 2.09. The minimum atomic E-state index is -0.366. The van der Waals surface area contributed by atoms with E-state index in [0.717, 1.165) is 19.3 Å². The molecule has 3 N–H and O–H groups in total. The number of hydrogen-bond acceptors (Lipinski definition) is 3. The second kappa shape index (κ2) is 3.12. The van der Waals surface area contributed by atoms with E-state index in [-0.39, 0.29) is 12.1 Å². The molecule has 2 atom stereocenters. The molecule has 13 heavy (non-hydrogen) atoms. The maximum Gasteiger partial charge on any atom is 0.0948 e. The van der Waals surface area contributed by atoms with E-state index in [1.54, 1.807) is 6.20 Å². The van der Waals surface area contributed by atoms with Crippen molar-refractivity contribution in [2.45, 2.75) is 30.8 Å².